The summed E-state index contributed by atoms with van der Waals surface area (Å²) in [7, 11) is 0. The van der Waals surface area contributed by atoms with Gasteiger partial charge in [-0.25, -0.2) is 4.39 Å². The maximum absolute atomic E-state index is 12.9. The summed E-state index contributed by atoms with van der Waals surface area (Å²) in [5, 5.41) is 0. The van der Waals surface area contributed by atoms with Crippen molar-refractivity contribution in [3.05, 3.63) is 12.2 Å². The van der Waals surface area contributed by atoms with Crippen molar-refractivity contribution in [3.63, 3.8) is 0 Å². The third-order valence-corrected chi connectivity index (χ3v) is 2.77. The van der Waals surface area contributed by atoms with Gasteiger partial charge in [0.2, 0.25) is 0 Å². The van der Waals surface area contributed by atoms with Crippen LogP contribution in [0.5, 0.6) is 0 Å². The fourth-order valence-corrected chi connectivity index (χ4v) is 1.92. The van der Waals surface area contributed by atoms with Crippen LogP contribution in [0.4, 0.5) is 4.39 Å². The van der Waals surface area contributed by atoms with Gasteiger partial charge in [0, 0.05) is 26.2 Å². The van der Waals surface area contributed by atoms with Crippen LogP contribution in [0.3, 0.4) is 0 Å². The van der Waals surface area contributed by atoms with Gasteiger partial charge in [0.25, 0.3) is 0 Å². The van der Waals surface area contributed by atoms with E-state index < -0.39 is 0 Å². The van der Waals surface area contributed by atoms with Crippen LogP contribution in [0.2, 0.25) is 0 Å². The topological polar surface area (TPSA) is 24.9 Å². The van der Waals surface area contributed by atoms with E-state index in [-0.39, 0.29) is 0 Å². The third-order valence-electron chi connectivity index (χ3n) is 2.77. The van der Waals surface area contributed by atoms with Crippen molar-refractivity contribution in [3.8, 4) is 0 Å². The Labute approximate surface area is 89.2 Å². The van der Waals surface area contributed by atoms with Gasteiger partial charge in [-0.15, -0.1) is 0 Å². The maximum Gasteiger partial charge on any atom is 0.133 e. The summed E-state index contributed by atoms with van der Waals surface area (Å²) >= 11 is 0. The molecule has 0 aromatic heterocycles. The average molecular weight is 216 g/mol. The van der Waals surface area contributed by atoms with Gasteiger partial charge in [0.05, 0.1) is 26.4 Å². The van der Waals surface area contributed by atoms with Gasteiger partial charge in [0.15, 0.2) is 0 Å². The fourth-order valence-electron chi connectivity index (χ4n) is 1.92. The molecule has 0 spiro atoms. The summed E-state index contributed by atoms with van der Waals surface area (Å²) in [5.41, 5.74) is 0. The fraction of sp³-hybridized carbons (Fsp3) is 0.800. The lowest BCUT2D eigenvalue weighted by atomic mass is 10.3. The molecule has 4 nitrogen and oxygen atoms in total. The molecular weight excluding hydrogens is 199 g/mol. The minimum atomic E-state index is 0.682. The van der Waals surface area contributed by atoms with E-state index in [1.807, 2.05) is 9.80 Å². The predicted octanol–water partition coefficient (Wildman–Crippen LogP) is 0.419. The first-order chi connectivity index (χ1) is 7.42. The highest BCUT2D eigenvalue weighted by Crippen LogP contribution is 2.14. The molecule has 2 aliphatic heterocycles. The summed E-state index contributed by atoms with van der Waals surface area (Å²) in [4.78, 5) is 4.07. The van der Waals surface area contributed by atoms with Crippen LogP contribution < -0.4 is 0 Å². The number of ether oxygens (including phenoxy) is 2. The Hall–Kier alpha value is -0.810. The number of halogens is 1. The van der Waals surface area contributed by atoms with Crippen LogP contribution >= 0.6 is 0 Å². The quantitative estimate of drug-likeness (QED) is 0.668. The molecule has 0 saturated carbocycles. The molecule has 2 aliphatic rings. The Morgan fingerprint density at radius 2 is 1.27 bits per heavy atom. The first kappa shape index (κ1) is 10.7. The number of morpholine rings is 2. The first-order valence-electron chi connectivity index (χ1n) is 5.37. The van der Waals surface area contributed by atoms with Crippen molar-refractivity contribution in [1.82, 2.24) is 9.80 Å². The second-order valence-corrected chi connectivity index (χ2v) is 3.67. The van der Waals surface area contributed by atoms with E-state index in [2.05, 4.69) is 0 Å². The van der Waals surface area contributed by atoms with Gasteiger partial charge in [-0.05, 0) is 0 Å². The molecule has 0 aromatic rings. The van der Waals surface area contributed by atoms with Crippen molar-refractivity contribution in [2.24, 2.45) is 0 Å². The molecule has 0 bridgehead atoms. The van der Waals surface area contributed by atoms with Gasteiger partial charge in [-0.3, -0.25) is 0 Å². The van der Waals surface area contributed by atoms with Crippen molar-refractivity contribution in [1.29, 1.82) is 0 Å². The second kappa shape index (κ2) is 5.32. The normalized spacial score (nSPS) is 22.7. The van der Waals surface area contributed by atoms with Crippen LogP contribution in [-0.2, 0) is 9.47 Å². The van der Waals surface area contributed by atoms with Gasteiger partial charge >= 0.3 is 0 Å². The molecule has 2 saturated heterocycles. The zero-order chi connectivity index (χ0) is 10.5. The summed E-state index contributed by atoms with van der Waals surface area (Å²) in [5.74, 6) is 0.682. The molecule has 0 radical (unpaired) electrons. The van der Waals surface area contributed by atoms with Crippen LogP contribution in [0, 0.1) is 0 Å². The molecule has 15 heavy (non-hydrogen) atoms. The van der Waals surface area contributed by atoms with E-state index in [4.69, 9.17) is 9.47 Å². The van der Waals surface area contributed by atoms with Crippen LogP contribution in [0.15, 0.2) is 12.2 Å². The van der Waals surface area contributed by atoms with Crippen molar-refractivity contribution in [2.75, 3.05) is 52.6 Å². The molecule has 0 amide bonds. The zero-order valence-electron chi connectivity index (χ0n) is 8.82. The zero-order valence-corrected chi connectivity index (χ0v) is 8.82. The van der Waals surface area contributed by atoms with Crippen LogP contribution in [0.1, 0.15) is 0 Å². The van der Waals surface area contributed by atoms with Crippen molar-refractivity contribution >= 4 is 0 Å². The first-order valence-corrected chi connectivity index (χ1v) is 5.37. The van der Waals surface area contributed by atoms with E-state index >= 15 is 0 Å². The molecule has 2 rings (SSSR count). The minimum Gasteiger partial charge on any atom is -0.378 e. The predicted molar refractivity (Wildman–Crippen MR) is 54.0 cm³/mol. The monoisotopic (exact) mass is 216 g/mol. The van der Waals surface area contributed by atoms with E-state index in [0.29, 0.717) is 38.6 Å². The lowest BCUT2D eigenvalue weighted by molar-refractivity contribution is 0.00726. The summed E-state index contributed by atoms with van der Waals surface area (Å²) in [6.45, 7) is 5.81. The SMILES string of the molecule is FC=C(N1CCOCC1)N1CCOCC1. The molecule has 5 heteroatoms. The standard InChI is InChI=1S/C10H17FN2O2/c11-9-10(12-1-5-14-6-2-12)13-3-7-15-8-4-13/h9H,1-8H2. The lowest BCUT2D eigenvalue weighted by Gasteiger charge is -2.38. The van der Waals surface area contributed by atoms with Crippen LogP contribution in [0.25, 0.3) is 0 Å². The molecule has 0 atom stereocenters. The lowest BCUT2D eigenvalue weighted by Crippen LogP contribution is -2.45. The molecule has 0 aliphatic carbocycles. The van der Waals surface area contributed by atoms with Gasteiger partial charge in [0.1, 0.15) is 12.2 Å². The molecule has 86 valence electrons. The van der Waals surface area contributed by atoms with Gasteiger partial charge < -0.3 is 19.3 Å². The van der Waals surface area contributed by atoms with E-state index in [9.17, 15) is 4.39 Å². The van der Waals surface area contributed by atoms with Crippen molar-refractivity contribution in [2.45, 2.75) is 0 Å². The number of hydrogen-bond acceptors (Lipinski definition) is 4. The van der Waals surface area contributed by atoms with Gasteiger partial charge in [-0.2, -0.15) is 0 Å². The summed E-state index contributed by atoms with van der Waals surface area (Å²) in [6, 6.07) is 0. The highest BCUT2D eigenvalue weighted by molar-refractivity contribution is 4.98. The minimum absolute atomic E-state index is 0.682. The summed E-state index contributed by atoms with van der Waals surface area (Å²) < 4.78 is 23.4. The summed E-state index contributed by atoms with van der Waals surface area (Å²) in [6.07, 6.45) is 0.705. The Kier molecular flexibility index (Phi) is 3.80. The molecule has 0 N–H and O–H groups in total. The Balaban J connectivity index is 1.95. The average Bonchev–Trinajstić information content (AvgIpc) is 2.33. The van der Waals surface area contributed by atoms with Crippen LogP contribution in [-0.4, -0.2) is 62.4 Å². The van der Waals surface area contributed by atoms with E-state index in [0.717, 1.165) is 26.2 Å². The number of nitrogens with zero attached hydrogens (tertiary/aromatic N) is 2. The Morgan fingerprint density at radius 3 is 1.60 bits per heavy atom. The molecule has 0 unspecified atom stereocenters. The number of rotatable bonds is 2. The Bertz CT molecular complexity index is 203. The second-order valence-electron chi connectivity index (χ2n) is 3.67. The Morgan fingerprint density at radius 1 is 0.867 bits per heavy atom. The van der Waals surface area contributed by atoms with E-state index in [1.165, 1.54) is 0 Å². The largest absolute Gasteiger partial charge is 0.378 e. The number of hydrogen-bond donors (Lipinski definition) is 0. The molecule has 0 aromatic carbocycles. The maximum atomic E-state index is 12.9. The smallest absolute Gasteiger partial charge is 0.133 e. The van der Waals surface area contributed by atoms with Crippen molar-refractivity contribution < 1.29 is 13.9 Å². The van der Waals surface area contributed by atoms with E-state index in [1.54, 1.807) is 0 Å². The highest BCUT2D eigenvalue weighted by Gasteiger charge is 2.21. The van der Waals surface area contributed by atoms with Gasteiger partial charge in [-0.1, -0.05) is 0 Å². The highest BCUT2D eigenvalue weighted by atomic mass is 19.1. The third kappa shape index (κ3) is 2.60. The molecular formula is C10H17FN2O2. The molecule has 2 heterocycles. The molecule has 2 fully saturated rings.